The van der Waals surface area contributed by atoms with Gasteiger partial charge in [-0.05, 0) is 19.8 Å². The molecule has 20 heterocycles. The second kappa shape index (κ2) is 40.0. The van der Waals surface area contributed by atoms with E-state index in [9.17, 15) is 126 Å². The number of ketones is 2. The van der Waals surface area contributed by atoms with Crippen molar-refractivity contribution < 1.29 is 197 Å². The van der Waals surface area contributed by atoms with Crippen molar-refractivity contribution in [1.29, 1.82) is 0 Å². The van der Waals surface area contributed by atoms with E-state index < -0.39 is 296 Å². The van der Waals surface area contributed by atoms with Crippen LogP contribution in [0.5, 0.6) is 0 Å². The molecule has 103 heavy (non-hydrogen) atoms. The molecule has 16 unspecified atom stereocenters. The fourth-order valence-corrected chi connectivity index (χ4v) is 15.7. The minimum absolute atomic E-state index is 0.0722. The largest absolute Gasteiger partial charge is 0.481 e. The van der Waals surface area contributed by atoms with Crippen molar-refractivity contribution in [2.24, 2.45) is 17.8 Å². The monoisotopic (exact) mass is 1540 g/mol. The Morgan fingerprint density at radius 1 is 0.369 bits per heavy atom. The molecule has 0 radical (unpaired) electrons. The van der Waals surface area contributed by atoms with Crippen LogP contribution in [0.25, 0.3) is 0 Å². The van der Waals surface area contributed by atoms with Gasteiger partial charge in [-0.3, -0.25) is 19.2 Å². The number of carboxylic acid groups (broad SMARTS) is 2. The number of carboxylic acids is 2. The lowest BCUT2D eigenvalue weighted by Crippen LogP contribution is -2.68. The molecule has 40 nitrogen and oxygen atoms in total. The van der Waals surface area contributed by atoms with Gasteiger partial charge >= 0.3 is 11.9 Å². The minimum atomic E-state index is -2.28. The lowest BCUT2D eigenvalue weighted by molar-refractivity contribution is -0.394. The van der Waals surface area contributed by atoms with Crippen LogP contribution in [0.1, 0.15) is 46.0 Å². The number of Topliss-reactive ketones (excluding diaryl/α,β-unsaturated/α-hetero) is 2. The highest BCUT2D eigenvalue weighted by Gasteiger charge is 2.60. The summed E-state index contributed by atoms with van der Waals surface area (Å²) in [5.41, 5.74) is 0. The molecule has 21 N–H and O–H groups in total. The van der Waals surface area contributed by atoms with E-state index in [-0.39, 0.29) is 68.7 Å². The zero-order valence-corrected chi connectivity index (χ0v) is 57.7. The first-order chi connectivity index (χ1) is 49.0. The Morgan fingerprint density at radius 2 is 0.670 bits per heavy atom. The first-order valence-electron chi connectivity index (χ1n) is 33.9. The highest BCUT2D eigenvalue weighted by molar-refractivity contribution is 7.99. The summed E-state index contributed by atoms with van der Waals surface area (Å²) >= 11 is 1.77. The molecule has 1 saturated carbocycles. The third kappa shape index (κ3) is 21.0. The van der Waals surface area contributed by atoms with E-state index in [1.54, 1.807) is 6.92 Å². The van der Waals surface area contributed by atoms with Crippen LogP contribution >= 0.6 is 23.5 Å². The van der Waals surface area contributed by atoms with Crippen LogP contribution in [0, 0.1) is 17.8 Å². The van der Waals surface area contributed by atoms with Crippen molar-refractivity contribution in [2.75, 3.05) is 82.5 Å². The lowest BCUT2D eigenvalue weighted by Gasteiger charge is -2.50. The molecule has 0 spiro atoms. The first-order valence-corrected chi connectivity index (χ1v) is 36.2. The van der Waals surface area contributed by atoms with Crippen LogP contribution in [-0.2, 0) is 90.2 Å². The number of carbonyl (C=O) groups excluding carboxylic acids is 2. The van der Waals surface area contributed by atoms with E-state index in [1.165, 1.54) is 6.92 Å². The number of aliphatic hydroxyl groups is 19. The van der Waals surface area contributed by atoms with Crippen LogP contribution in [-0.4, -0.2) is 422 Å². The van der Waals surface area contributed by atoms with Crippen molar-refractivity contribution in [1.82, 2.24) is 0 Å². The van der Waals surface area contributed by atoms with Crippen molar-refractivity contribution in [3.8, 4) is 0 Å². The summed E-state index contributed by atoms with van der Waals surface area (Å²) in [4.78, 5) is 48.8. The van der Waals surface area contributed by atoms with E-state index in [0.717, 1.165) is 23.5 Å². The Balaban J connectivity index is 1.08. The van der Waals surface area contributed by atoms with E-state index in [2.05, 4.69) is 0 Å². The zero-order chi connectivity index (χ0) is 75.4. The van der Waals surface area contributed by atoms with Crippen LogP contribution in [0.15, 0.2) is 0 Å². The molecular weight excluding hydrogens is 1440 g/mol. The van der Waals surface area contributed by atoms with Crippen molar-refractivity contribution in [3.05, 3.63) is 0 Å². The minimum Gasteiger partial charge on any atom is -0.481 e. The summed E-state index contributed by atoms with van der Waals surface area (Å²) in [6.45, 7) is -1.95. The molecule has 0 aromatic rings. The summed E-state index contributed by atoms with van der Waals surface area (Å²) < 4.78 is 88.2. The second-order valence-electron chi connectivity index (χ2n) is 26.5. The maximum absolute atomic E-state index is 13.0. The predicted octanol–water partition coefficient (Wildman–Crippen LogP) is -10.9. The van der Waals surface area contributed by atoms with Gasteiger partial charge < -0.3 is 178 Å². The summed E-state index contributed by atoms with van der Waals surface area (Å²) in [5, 5.41) is 238. The Labute approximate surface area is 597 Å². The molecule has 42 heteroatoms. The Morgan fingerprint density at radius 3 is 0.990 bits per heavy atom. The van der Waals surface area contributed by atoms with Crippen LogP contribution in [0.3, 0.4) is 0 Å². The second-order valence-corrected chi connectivity index (χ2v) is 28.7. The Hall–Kier alpha value is -2.38. The van der Waals surface area contributed by atoms with E-state index >= 15 is 0 Å². The van der Waals surface area contributed by atoms with Gasteiger partial charge in [-0.15, -0.1) is 0 Å². The Bertz CT molecular complexity index is 2610. The first kappa shape index (κ1) is 86.2. The number of carbonyl (C=O) groups is 4. The molecule has 20 saturated heterocycles. The molecule has 0 aromatic carbocycles. The topological polar surface area (TPSA) is 632 Å². The fourth-order valence-electron chi connectivity index (χ4n) is 13.2. The number of thioether (sulfide) groups is 2. The maximum atomic E-state index is 13.0. The van der Waals surface area contributed by atoms with Gasteiger partial charge in [0.15, 0.2) is 37.7 Å². The van der Waals surface area contributed by atoms with Gasteiger partial charge in [-0.25, -0.2) is 0 Å². The van der Waals surface area contributed by atoms with Gasteiger partial charge in [-0.2, -0.15) is 23.5 Å². The molecule has 596 valence electrons. The highest BCUT2D eigenvalue weighted by atomic mass is 32.2. The van der Waals surface area contributed by atoms with E-state index in [1.807, 2.05) is 0 Å². The number of aliphatic carboxylic acids is 2. The molecule has 37 atom stereocenters. The summed E-state index contributed by atoms with van der Waals surface area (Å²) in [6, 6.07) is 0. The standard InChI is InChI=1S/C61H100O40S2/c1-3-22(54(83)84)17-102-20-32-53-40(76)46(82)61(95-32)100-51-30(16-66)92-57(43(79)37(51)73)97-48-27(13-63)90-56(41(77)35(48)71)96-47-23(12-62)11-26(33(69)34(47)70)89-52-31(19-103-18-24(55(85)86)10-25(68)5-7-88-9-8-87-6-4-21(2)67)94-60(45(81)39(52)75)99-50-29(15-65)91-58(42(78)36(50)72)98-49-28(14-64)93-59(101-53)44(80)38(49)74/h22-24,26-53,56-66,69-82H,3-20H2,1-2H3,(H,83,84)(H,85,86)/t22?,23?,24?,26-,27?,28?,29?,30?,31?,32?,33?,34+,35+,36+,37+,38+,39+,40+,41?,42?,43?,44?,45?,46?,47+,48+,49+,50+,51+,52+,53+,56+,57+,58+,59+,60+,61+/m0/s1. The van der Waals surface area contributed by atoms with Crippen LogP contribution in [0.2, 0.25) is 0 Å². The molecule has 21 rings (SSSR count). The van der Waals surface area contributed by atoms with E-state index in [4.69, 9.17) is 71.1 Å². The number of rotatable bonds is 27. The van der Waals surface area contributed by atoms with Gasteiger partial charge in [0.1, 0.15) is 158 Å². The van der Waals surface area contributed by atoms with Crippen molar-refractivity contribution in [3.63, 3.8) is 0 Å². The summed E-state index contributed by atoms with van der Waals surface area (Å²) in [7, 11) is 0. The molecule has 0 aromatic heterocycles. The number of hydrogen-bond donors (Lipinski definition) is 21. The van der Waals surface area contributed by atoms with Crippen molar-refractivity contribution in [2.45, 2.75) is 255 Å². The Kier molecular flexibility index (Phi) is 33.5. The van der Waals surface area contributed by atoms with E-state index in [0.29, 0.717) is 0 Å². The molecule has 21 fully saturated rings. The quantitative estimate of drug-likeness (QED) is 0.0340. The lowest BCUT2D eigenvalue weighted by atomic mass is 9.80. The average Bonchev–Trinajstić information content (AvgIpc) is 0.785. The number of ether oxygens (including phenoxy) is 15. The third-order valence-corrected chi connectivity index (χ3v) is 21.7. The third-order valence-electron chi connectivity index (χ3n) is 19.3. The average molecular weight is 1540 g/mol. The highest BCUT2D eigenvalue weighted by Crippen LogP contribution is 2.41. The van der Waals surface area contributed by atoms with Gasteiger partial charge in [0.2, 0.25) is 0 Å². The normalized spacial score (nSPS) is 44.9. The molecule has 0 amide bonds. The summed E-state index contributed by atoms with van der Waals surface area (Å²) in [5.74, 6) is -7.89. The van der Waals surface area contributed by atoms with Gasteiger partial charge in [-0.1, -0.05) is 6.92 Å². The fraction of sp³-hybridized carbons (Fsp3) is 0.934. The van der Waals surface area contributed by atoms with Crippen LogP contribution < -0.4 is 0 Å². The van der Waals surface area contributed by atoms with Crippen molar-refractivity contribution >= 4 is 47.0 Å². The zero-order valence-electron chi connectivity index (χ0n) is 56.1. The number of hydrogen-bond acceptors (Lipinski definition) is 40. The number of aliphatic hydroxyl groups excluding tert-OH is 19. The molecular formula is C61H100O40S2. The molecule has 1 aliphatic carbocycles. The smallest absolute Gasteiger partial charge is 0.307 e. The predicted molar refractivity (Wildman–Crippen MR) is 336 cm³/mol. The maximum Gasteiger partial charge on any atom is 0.307 e. The molecule has 14 bridgehead atoms. The summed E-state index contributed by atoms with van der Waals surface area (Å²) in [6.07, 6.45) is -69.4. The molecule has 20 aliphatic heterocycles. The van der Waals surface area contributed by atoms with Gasteiger partial charge in [0.05, 0.1) is 89.1 Å². The van der Waals surface area contributed by atoms with Gasteiger partial charge in [0, 0.05) is 54.8 Å². The molecule has 21 aliphatic rings. The van der Waals surface area contributed by atoms with Gasteiger partial charge in [0.25, 0.3) is 0 Å². The SMILES string of the molecule is CCC(CSCC1O[C@@H]2O[C@@H]3C(CO)O[C@H](O[C@@H]4C(CO)O[C@H](O[C@@H]5C(CO)C[C@H](O[C@@H]6C(CSCC(CC(=O)CCOCCOCCC(C)=O)C(=O)O)O[C@H](O[C@@H]7C(CO)O[C@H](O[C@@H]8C(CO)O[C@H](O[C@H]1[C@H](O)C2O)C(O)[C@H]8O)C(O)[C@H]7O)C(O)[C@H]6O)C(O)[C@H]5O)C(O)[C@H]4O)C(O)[C@H]3O)C(=O)O. The van der Waals surface area contributed by atoms with Crippen LogP contribution in [0.4, 0.5) is 0 Å².